The van der Waals surface area contributed by atoms with Crippen LogP contribution >= 0.6 is 11.3 Å². The highest BCUT2D eigenvalue weighted by Crippen LogP contribution is 2.30. The van der Waals surface area contributed by atoms with Crippen molar-refractivity contribution in [2.24, 2.45) is 11.7 Å². The number of nitrogens with two attached hydrogens (primary N) is 1. The summed E-state index contributed by atoms with van der Waals surface area (Å²) in [5.74, 6) is 0.549. The van der Waals surface area contributed by atoms with Crippen molar-refractivity contribution in [2.75, 3.05) is 13.6 Å². The van der Waals surface area contributed by atoms with Gasteiger partial charge in [0.1, 0.15) is 4.88 Å². The van der Waals surface area contributed by atoms with Gasteiger partial charge in [0.2, 0.25) is 0 Å². The topological polar surface area (TPSA) is 59.2 Å². The first kappa shape index (κ1) is 12.5. The number of carbonyl (C=O) groups is 1. The number of hydrogen-bond donors (Lipinski definition) is 1. The SMILES string of the molecule is Cc1ncsc1C(=O)N(C)C1CCCC1CN. The fourth-order valence-corrected chi connectivity index (χ4v) is 3.40. The molecule has 1 aliphatic carbocycles. The molecule has 0 bridgehead atoms. The van der Waals surface area contributed by atoms with Gasteiger partial charge in [0, 0.05) is 13.1 Å². The third-order valence-electron chi connectivity index (χ3n) is 3.68. The molecule has 0 saturated heterocycles. The van der Waals surface area contributed by atoms with Crippen LogP contribution in [0.1, 0.15) is 34.6 Å². The van der Waals surface area contributed by atoms with Crippen molar-refractivity contribution in [3.8, 4) is 0 Å². The predicted molar refractivity (Wildman–Crippen MR) is 69.1 cm³/mol. The first-order valence-electron chi connectivity index (χ1n) is 6.02. The molecule has 0 aliphatic heterocycles. The van der Waals surface area contributed by atoms with E-state index in [0.717, 1.165) is 23.4 Å². The minimum absolute atomic E-state index is 0.0929. The smallest absolute Gasteiger partial charge is 0.265 e. The molecule has 1 saturated carbocycles. The van der Waals surface area contributed by atoms with Crippen molar-refractivity contribution in [2.45, 2.75) is 32.2 Å². The van der Waals surface area contributed by atoms with E-state index in [2.05, 4.69) is 4.98 Å². The van der Waals surface area contributed by atoms with Crippen LogP contribution in [0.15, 0.2) is 5.51 Å². The van der Waals surface area contributed by atoms with Crippen molar-refractivity contribution in [3.05, 3.63) is 16.1 Å². The van der Waals surface area contributed by atoms with E-state index in [1.807, 2.05) is 18.9 Å². The third-order valence-corrected chi connectivity index (χ3v) is 4.60. The summed E-state index contributed by atoms with van der Waals surface area (Å²) in [7, 11) is 1.89. The Morgan fingerprint density at radius 1 is 1.65 bits per heavy atom. The zero-order chi connectivity index (χ0) is 12.4. The molecule has 0 aromatic carbocycles. The normalized spacial score (nSPS) is 23.9. The van der Waals surface area contributed by atoms with Crippen molar-refractivity contribution in [1.29, 1.82) is 0 Å². The summed E-state index contributed by atoms with van der Waals surface area (Å²) in [6, 6.07) is 0.300. The molecule has 2 N–H and O–H groups in total. The fraction of sp³-hybridized carbons (Fsp3) is 0.667. The van der Waals surface area contributed by atoms with E-state index in [1.165, 1.54) is 17.8 Å². The van der Waals surface area contributed by atoms with Gasteiger partial charge in [0.05, 0.1) is 11.2 Å². The fourth-order valence-electron chi connectivity index (χ4n) is 2.62. The Balaban J connectivity index is 2.12. The highest BCUT2D eigenvalue weighted by molar-refractivity contribution is 7.11. The highest BCUT2D eigenvalue weighted by Gasteiger charge is 2.32. The summed E-state index contributed by atoms with van der Waals surface area (Å²) in [6.45, 7) is 2.55. The molecule has 2 unspecified atom stereocenters. The van der Waals surface area contributed by atoms with E-state index >= 15 is 0 Å². The first-order valence-corrected chi connectivity index (χ1v) is 6.90. The van der Waals surface area contributed by atoms with Gasteiger partial charge < -0.3 is 10.6 Å². The molecule has 0 spiro atoms. The molecule has 5 heteroatoms. The Labute approximate surface area is 106 Å². The van der Waals surface area contributed by atoms with Crippen molar-refractivity contribution in [1.82, 2.24) is 9.88 Å². The predicted octanol–water partition coefficient (Wildman–Crippen LogP) is 1.65. The summed E-state index contributed by atoms with van der Waals surface area (Å²) in [6.07, 6.45) is 3.38. The van der Waals surface area contributed by atoms with Gasteiger partial charge in [-0.3, -0.25) is 4.79 Å². The number of aryl methyl sites for hydroxylation is 1. The summed E-state index contributed by atoms with van der Waals surface area (Å²) >= 11 is 1.42. The molecule has 17 heavy (non-hydrogen) atoms. The quantitative estimate of drug-likeness (QED) is 0.891. The zero-order valence-corrected chi connectivity index (χ0v) is 11.2. The molecule has 1 aliphatic rings. The first-order chi connectivity index (χ1) is 8.15. The lowest BCUT2D eigenvalue weighted by atomic mass is 10.0. The van der Waals surface area contributed by atoms with E-state index in [1.54, 1.807) is 5.51 Å². The van der Waals surface area contributed by atoms with Crippen molar-refractivity contribution < 1.29 is 4.79 Å². The van der Waals surface area contributed by atoms with Gasteiger partial charge in [-0.1, -0.05) is 6.42 Å². The van der Waals surface area contributed by atoms with Crippen molar-refractivity contribution in [3.63, 3.8) is 0 Å². The largest absolute Gasteiger partial charge is 0.338 e. The van der Waals surface area contributed by atoms with E-state index in [0.29, 0.717) is 18.5 Å². The lowest BCUT2D eigenvalue weighted by molar-refractivity contribution is 0.0704. The van der Waals surface area contributed by atoms with Crippen LogP contribution in [0.3, 0.4) is 0 Å². The van der Waals surface area contributed by atoms with Gasteiger partial charge in [-0.05, 0) is 32.2 Å². The number of rotatable bonds is 3. The molecule has 2 rings (SSSR count). The van der Waals surface area contributed by atoms with Gasteiger partial charge in [-0.2, -0.15) is 0 Å². The standard InChI is InChI=1S/C12H19N3OS/c1-8-11(17-7-14-8)12(16)15(2)10-5-3-4-9(10)6-13/h7,9-10H,3-6,13H2,1-2H3. The van der Waals surface area contributed by atoms with Crippen LogP contribution in [0.4, 0.5) is 0 Å². The molecule has 1 amide bonds. The molecular weight excluding hydrogens is 234 g/mol. The Bertz CT molecular complexity index is 404. The zero-order valence-electron chi connectivity index (χ0n) is 10.3. The molecule has 1 aromatic rings. The van der Waals surface area contributed by atoms with Gasteiger partial charge in [0.25, 0.3) is 5.91 Å². The minimum Gasteiger partial charge on any atom is -0.338 e. The average molecular weight is 253 g/mol. The van der Waals surface area contributed by atoms with Crippen molar-refractivity contribution >= 4 is 17.2 Å². The molecule has 1 heterocycles. The Morgan fingerprint density at radius 2 is 2.41 bits per heavy atom. The van der Waals surface area contributed by atoms with Crippen LogP contribution in [-0.4, -0.2) is 35.4 Å². The number of nitrogens with zero attached hydrogens (tertiary/aromatic N) is 2. The second-order valence-corrected chi connectivity index (χ2v) is 5.53. The second-order valence-electron chi connectivity index (χ2n) is 4.68. The van der Waals surface area contributed by atoms with E-state index < -0.39 is 0 Å². The Morgan fingerprint density at radius 3 is 3.00 bits per heavy atom. The molecule has 4 nitrogen and oxygen atoms in total. The third kappa shape index (κ3) is 2.35. The molecular formula is C12H19N3OS. The number of thiazole rings is 1. The van der Waals surface area contributed by atoms with Crippen LogP contribution in [0.2, 0.25) is 0 Å². The summed E-state index contributed by atoms with van der Waals surface area (Å²) in [5, 5.41) is 0. The molecule has 94 valence electrons. The minimum atomic E-state index is 0.0929. The van der Waals surface area contributed by atoms with Gasteiger partial charge >= 0.3 is 0 Å². The number of hydrogen-bond acceptors (Lipinski definition) is 4. The highest BCUT2D eigenvalue weighted by atomic mass is 32.1. The van der Waals surface area contributed by atoms with Crippen LogP contribution in [0.5, 0.6) is 0 Å². The summed E-state index contributed by atoms with van der Waals surface area (Å²) < 4.78 is 0. The lowest BCUT2D eigenvalue weighted by Crippen LogP contribution is -2.41. The molecule has 1 fully saturated rings. The van der Waals surface area contributed by atoms with Crippen LogP contribution in [-0.2, 0) is 0 Å². The van der Waals surface area contributed by atoms with Gasteiger partial charge in [-0.25, -0.2) is 4.98 Å². The van der Waals surface area contributed by atoms with E-state index in [-0.39, 0.29) is 5.91 Å². The monoisotopic (exact) mass is 253 g/mol. The molecule has 2 atom stereocenters. The second kappa shape index (κ2) is 5.14. The van der Waals surface area contributed by atoms with Crippen LogP contribution in [0, 0.1) is 12.8 Å². The van der Waals surface area contributed by atoms with Crippen LogP contribution in [0.25, 0.3) is 0 Å². The molecule has 1 aromatic heterocycles. The van der Waals surface area contributed by atoms with E-state index in [9.17, 15) is 4.79 Å². The Hall–Kier alpha value is -0.940. The lowest BCUT2D eigenvalue weighted by Gasteiger charge is -2.28. The maximum atomic E-state index is 12.3. The average Bonchev–Trinajstić information content (AvgIpc) is 2.95. The maximum Gasteiger partial charge on any atom is 0.265 e. The molecule has 0 radical (unpaired) electrons. The Kier molecular flexibility index (Phi) is 3.79. The number of aromatic nitrogens is 1. The van der Waals surface area contributed by atoms with E-state index in [4.69, 9.17) is 5.73 Å². The van der Waals surface area contributed by atoms with Gasteiger partial charge in [-0.15, -0.1) is 11.3 Å². The summed E-state index contributed by atoms with van der Waals surface area (Å²) in [4.78, 5) is 19.1. The number of carbonyl (C=O) groups excluding carboxylic acids is 1. The maximum absolute atomic E-state index is 12.3. The number of amides is 1. The van der Waals surface area contributed by atoms with Gasteiger partial charge in [0.15, 0.2) is 0 Å². The van der Waals surface area contributed by atoms with Crippen LogP contribution < -0.4 is 5.73 Å². The summed E-state index contributed by atoms with van der Waals surface area (Å²) in [5.41, 5.74) is 8.32.